The fourth-order valence-electron chi connectivity index (χ4n) is 4.68. The molecule has 1 aliphatic heterocycles. The van der Waals surface area contributed by atoms with Gasteiger partial charge in [0.1, 0.15) is 17.8 Å². The van der Waals surface area contributed by atoms with Crippen LogP contribution in [0.5, 0.6) is 28.7 Å². The SMILES string of the molecule is CCCCOC(=O)C1c2c(/C=C/C(=O)OC(Cc3ccc(O)c(O)c3)C(=O)OC)cccc2OC1c1ccc(O)c(O)c1. The Morgan fingerprint density at radius 3 is 2.35 bits per heavy atom. The molecule has 4 N–H and O–H groups in total. The van der Waals surface area contributed by atoms with Crippen molar-refractivity contribution < 1.29 is 53.8 Å². The fourth-order valence-corrected chi connectivity index (χ4v) is 4.68. The molecule has 3 atom stereocenters. The smallest absolute Gasteiger partial charge is 0.347 e. The second kappa shape index (κ2) is 13.6. The van der Waals surface area contributed by atoms with Gasteiger partial charge in [-0.25, -0.2) is 9.59 Å². The van der Waals surface area contributed by atoms with Crippen LogP contribution in [0.25, 0.3) is 6.08 Å². The molecule has 4 rings (SSSR count). The van der Waals surface area contributed by atoms with Crippen LogP contribution in [0.15, 0.2) is 60.7 Å². The molecule has 0 saturated heterocycles. The number of rotatable bonds is 11. The van der Waals surface area contributed by atoms with Gasteiger partial charge in [0.25, 0.3) is 0 Å². The highest BCUT2D eigenvalue weighted by atomic mass is 16.6. The summed E-state index contributed by atoms with van der Waals surface area (Å²) < 4.78 is 21.8. The summed E-state index contributed by atoms with van der Waals surface area (Å²) >= 11 is 0. The van der Waals surface area contributed by atoms with Crippen molar-refractivity contribution in [1.82, 2.24) is 0 Å². The molecule has 1 aliphatic rings. The largest absolute Gasteiger partial charge is 0.504 e. The van der Waals surface area contributed by atoms with Gasteiger partial charge < -0.3 is 39.4 Å². The van der Waals surface area contributed by atoms with Crippen LogP contribution in [0.1, 0.15) is 54.0 Å². The number of hydrogen-bond donors (Lipinski definition) is 4. The molecule has 0 bridgehead atoms. The van der Waals surface area contributed by atoms with Crippen LogP contribution in [0.2, 0.25) is 0 Å². The van der Waals surface area contributed by atoms with Gasteiger partial charge in [0, 0.05) is 18.1 Å². The van der Waals surface area contributed by atoms with Gasteiger partial charge in [-0.3, -0.25) is 4.79 Å². The number of hydrogen-bond acceptors (Lipinski definition) is 11. The van der Waals surface area contributed by atoms with E-state index in [-0.39, 0.29) is 30.3 Å². The summed E-state index contributed by atoms with van der Waals surface area (Å²) in [7, 11) is 1.14. The van der Waals surface area contributed by atoms with E-state index in [4.69, 9.17) is 18.9 Å². The number of methoxy groups -OCH3 is 1. The zero-order valence-corrected chi connectivity index (χ0v) is 23.6. The Kier molecular flexibility index (Phi) is 9.76. The van der Waals surface area contributed by atoms with Crippen LogP contribution in [0.4, 0.5) is 0 Å². The first kappa shape index (κ1) is 30.8. The van der Waals surface area contributed by atoms with Gasteiger partial charge in [-0.1, -0.05) is 37.6 Å². The molecule has 0 aromatic heterocycles. The molecule has 0 amide bonds. The molecule has 11 heteroatoms. The number of esters is 3. The third-order valence-corrected chi connectivity index (χ3v) is 6.87. The first-order valence-corrected chi connectivity index (χ1v) is 13.6. The number of carbonyl (C=O) groups excluding carboxylic acids is 3. The summed E-state index contributed by atoms with van der Waals surface area (Å²) in [4.78, 5) is 38.5. The summed E-state index contributed by atoms with van der Waals surface area (Å²) in [6.07, 6.45) is 1.65. The predicted octanol–water partition coefficient (Wildman–Crippen LogP) is 4.41. The number of fused-ring (bicyclic) bond motifs is 1. The average Bonchev–Trinajstić information content (AvgIpc) is 3.39. The highest BCUT2D eigenvalue weighted by Crippen LogP contribution is 2.49. The van der Waals surface area contributed by atoms with Crippen molar-refractivity contribution in [2.45, 2.75) is 44.3 Å². The van der Waals surface area contributed by atoms with Gasteiger partial charge in [-0.2, -0.15) is 0 Å². The molecule has 11 nitrogen and oxygen atoms in total. The van der Waals surface area contributed by atoms with E-state index in [0.717, 1.165) is 19.6 Å². The van der Waals surface area contributed by atoms with Crippen molar-refractivity contribution in [3.63, 3.8) is 0 Å². The lowest BCUT2D eigenvalue weighted by Gasteiger charge is -2.19. The number of phenolic OH excluding ortho intramolecular Hbond substituents is 4. The molecule has 0 spiro atoms. The van der Waals surface area contributed by atoms with Crippen molar-refractivity contribution in [3.05, 3.63) is 82.9 Å². The maximum absolute atomic E-state index is 13.4. The minimum atomic E-state index is -1.34. The average molecular weight is 593 g/mol. The Labute approximate surface area is 247 Å². The molecule has 0 saturated carbocycles. The summed E-state index contributed by atoms with van der Waals surface area (Å²) in [6.45, 7) is 2.16. The van der Waals surface area contributed by atoms with E-state index < -0.39 is 41.8 Å². The molecule has 3 aromatic carbocycles. The van der Waals surface area contributed by atoms with Gasteiger partial charge in [0.2, 0.25) is 6.10 Å². The quantitative estimate of drug-likeness (QED) is 0.0818. The zero-order chi connectivity index (χ0) is 31.1. The van der Waals surface area contributed by atoms with E-state index in [1.807, 2.05) is 6.92 Å². The van der Waals surface area contributed by atoms with Crippen molar-refractivity contribution in [2.24, 2.45) is 0 Å². The summed E-state index contributed by atoms with van der Waals surface area (Å²) in [6, 6.07) is 13.1. The van der Waals surface area contributed by atoms with E-state index >= 15 is 0 Å². The van der Waals surface area contributed by atoms with Crippen molar-refractivity contribution in [1.29, 1.82) is 0 Å². The van der Waals surface area contributed by atoms with E-state index in [2.05, 4.69) is 0 Å². The molecule has 3 aromatic rings. The molecule has 0 aliphatic carbocycles. The third kappa shape index (κ3) is 7.18. The van der Waals surface area contributed by atoms with Gasteiger partial charge in [0.05, 0.1) is 13.7 Å². The van der Waals surface area contributed by atoms with Crippen LogP contribution in [0, 0.1) is 0 Å². The highest BCUT2D eigenvalue weighted by Gasteiger charge is 2.43. The topological polar surface area (TPSA) is 169 Å². The Bertz CT molecular complexity index is 1530. The van der Waals surface area contributed by atoms with E-state index in [1.54, 1.807) is 18.2 Å². The minimum absolute atomic E-state index is 0.124. The molecule has 3 unspecified atom stereocenters. The number of aromatic hydroxyl groups is 4. The number of ether oxygens (including phenoxy) is 4. The molecule has 0 radical (unpaired) electrons. The maximum atomic E-state index is 13.4. The molecule has 0 fully saturated rings. The number of benzene rings is 3. The minimum Gasteiger partial charge on any atom is -0.504 e. The second-order valence-corrected chi connectivity index (χ2v) is 9.85. The van der Waals surface area contributed by atoms with Gasteiger partial charge in [-0.15, -0.1) is 0 Å². The Morgan fingerprint density at radius 2 is 1.67 bits per heavy atom. The van der Waals surface area contributed by atoms with Gasteiger partial charge >= 0.3 is 17.9 Å². The molecule has 226 valence electrons. The summed E-state index contributed by atoms with van der Waals surface area (Å²) in [5.41, 5.74) is 1.75. The zero-order valence-electron chi connectivity index (χ0n) is 23.6. The first-order chi connectivity index (χ1) is 20.6. The predicted molar refractivity (Wildman–Crippen MR) is 153 cm³/mol. The Hall–Kier alpha value is -5.19. The molecular formula is C32H32O11. The second-order valence-electron chi connectivity index (χ2n) is 9.85. The number of carbonyl (C=O) groups is 3. The monoisotopic (exact) mass is 592 g/mol. The highest BCUT2D eigenvalue weighted by molar-refractivity contribution is 5.91. The fraction of sp³-hybridized carbons (Fsp3) is 0.281. The van der Waals surface area contributed by atoms with Crippen LogP contribution in [-0.4, -0.2) is 58.2 Å². The van der Waals surface area contributed by atoms with Crippen LogP contribution in [-0.2, 0) is 35.0 Å². The molecule has 1 heterocycles. The lowest BCUT2D eigenvalue weighted by atomic mass is 9.88. The lowest BCUT2D eigenvalue weighted by Crippen LogP contribution is -2.30. The van der Waals surface area contributed by atoms with Crippen LogP contribution in [0.3, 0.4) is 0 Å². The van der Waals surface area contributed by atoms with Crippen molar-refractivity contribution in [2.75, 3.05) is 13.7 Å². The van der Waals surface area contributed by atoms with E-state index in [9.17, 15) is 34.8 Å². The lowest BCUT2D eigenvalue weighted by molar-refractivity contribution is -0.162. The molecular weight excluding hydrogens is 560 g/mol. The van der Waals surface area contributed by atoms with Crippen LogP contribution >= 0.6 is 0 Å². The van der Waals surface area contributed by atoms with Gasteiger partial charge in [-0.05, 0) is 59.5 Å². The maximum Gasteiger partial charge on any atom is 0.347 e. The van der Waals surface area contributed by atoms with E-state index in [0.29, 0.717) is 34.4 Å². The van der Waals surface area contributed by atoms with Crippen molar-refractivity contribution >= 4 is 24.0 Å². The Balaban J connectivity index is 1.60. The first-order valence-electron chi connectivity index (χ1n) is 13.6. The summed E-state index contributed by atoms with van der Waals surface area (Å²) in [5, 5.41) is 39.2. The number of phenols is 4. The van der Waals surface area contributed by atoms with Crippen molar-refractivity contribution in [3.8, 4) is 28.7 Å². The Morgan fingerprint density at radius 1 is 0.953 bits per heavy atom. The van der Waals surface area contributed by atoms with Crippen LogP contribution < -0.4 is 4.74 Å². The molecule has 43 heavy (non-hydrogen) atoms. The summed E-state index contributed by atoms with van der Waals surface area (Å²) in [5.74, 6) is -4.28. The van der Waals surface area contributed by atoms with Gasteiger partial charge in [0.15, 0.2) is 23.0 Å². The third-order valence-electron chi connectivity index (χ3n) is 6.87. The normalized spacial score (nSPS) is 16.2. The standard InChI is InChI=1S/C32H32O11/c1-3-4-14-41-32(39)29-28-19(6-5-7-25(28)43-30(29)20-9-12-22(34)24(36)17-20)10-13-27(37)42-26(31(38)40-2)16-18-8-11-21(33)23(35)15-18/h5-13,15,17,26,29-30,33-36H,3-4,14,16H2,1-2H3/b13-10+. The number of unbranched alkanes of at least 4 members (excludes halogenated alkanes) is 1. The van der Waals surface area contributed by atoms with E-state index in [1.165, 1.54) is 42.5 Å².